The molecule has 0 atom stereocenters. The Morgan fingerprint density at radius 2 is 2.15 bits per heavy atom. The summed E-state index contributed by atoms with van der Waals surface area (Å²) in [7, 11) is 0. The molecule has 2 amide bonds. The Labute approximate surface area is 158 Å². The molecule has 1 N–H and O–H groups in total. The molecule has 2 aromatic heterocycles. The zero-order valence-electron chi connectivity index (χ0n) is 15.7. The predicted octanol–water partition coefficient (Wildman–Crippen LogP) is 1.24. The minimum Gasteiger partial charge on any atom is -0.350 e. The van der Waals surface area contributed by atoms with Gasteiger partial charge >= 0.3 is 0 Å². The van der Waals surface area contributed by atoms with Crippen LogP contribution in [0.5, 0.6) is 0 Å². The van der Waals surface area contributed by atoms with Gasteiger partial charge in [-0.05, 0) is 25.8 Å². The van der Waals surface area contributed by atoms with Crippen molar-refractivity contribution in [3.63, 3.8) is 0 Å². The van der Waals surface area contributed by atoms with Crippen LogP contribution in [0.15, 0.2) is 18.5 Å². The standard InChI is InChI=1S/C19H26N6O2/c1-14-20-6-8-23(14)7-5-18(26)21-12-16-11-17-13-24(9-10-25(17)22-16)19(27)15-3-2-4-15/h6,8,11,15H,2-5,7,9-10,12-13H2,1H3,(H,21,26). The van der Waals surface area contributed by atoms with Crippen molar-refractivity contribution in [1.29, 1.82) is 0 Å². The highest BCUT2D eigenvalue weighted by atomic mass is 16.2. The van der Waals surface area contributed by atoms with Gasteiger partial charge in [-0.15, -0.1) is 0 Å². The Bertz CT molecular complexity index is 835. The molecule has 2 aromatic rings. The number of hydrogen-bond donors (Lipinski definition) is 1. The summed E-state index contributed by atoms with van der Waals surface area (Å²) in [6, 6.07) is 2.00. The van der Waals surface area contributed by atoms with Gasteiger partial charge in [0.25, 0.3) is 0 Å². The van der Waals surface area contributed by atoms with Gasteiger partial charge in [0.1, 0.15) is 5.82 Å². The van der Waals surface area contributed by atoms with Gasteiger partial charge in [0.15, 0.2) is 0 Å². The maximum atomic E-state index is 12.4. The summed E-state index contributed by atoms with van der Waals surface area (Å²) in [5, 5.41) is 7.50. The Morgan fingerprint density at radius 3 is 2.85 bits per heavy atom. The molecule has 27 heavy (non-hydrogen) atoms. The van der Waals surface area contributed by atoms with Crippen LogP contribution in [-0.4, -0.2) is 42.6 Å². The second-order valence-corrected chi connectivity index (χ2v) is 7.43. The monoisotopic (exact) mass is 370 g/mol. The maximum Gasteiger partial charge on any atom is 0.226 e. The van der Waals surface area contributed by atoms with E-state index in [9.17, 15) is 9.59 Å². The van der Waals surface area contributed by atoms with E-state index in [0.717, 1.165) is 43.1 Å². The van der Waals surface area contributed by atoms with E-state index in [1.54, 1.807) is 6.20 Å². The number of imidazole rings is 1. The van der Waals surface area contributed by atoms with Crippen LogP contribution >= 0.6 is 0 Å². The summed E-state index contributed by atoms with van der Waals surface area (Å²) in [5.41, 5.74) is 1.89. The first-order valence-electron chi connectivity index (χ1n) is 9.69. The molecule has 1 aliphatic carbocycles. The second kappa shape index (κ2) is 7.54. The summed E-state index contributed by atoms with van der Waals surface area (Å²) in [4.78, 5) is 30.6. The summed E-state index contributed by atoms with van der Waals surface area (Å²) >= 11 is 0. The lowest BCUT2D eigenvalue weighted by Crippen LogP contribution is -2.43. The molecule has 3 heterocycles. The normalized spacial score (nSPS) is 16.7. The minimum atomic E-state index is -0.00383. The van der Waals surface area contributed by atoms with E-state index in [2.05, 4.69) is 15.4 Å². The molecule has 4 rings (SSSR count). The van der Waals surface area contributed by atoms with Crippen LogP contribution in [0.2, 0.25) is 0 Å². The molecule has 0 radical (unpaired) electrons. The minimum absolute atomic E-state index is 0.00383. The number of rotatable bonds is 6. The first kappa shape index (κ1) is 17.8. The molecular weight excluding hydrogens is 344 g/mol. The fraction of sp³-hybridized carbons (Fsp3) is 0.579. The number of fused-ring (bicyclic) bond motifs is 1. The second-order valence-electron chi connectivity index (χ2n) is 7.43. The Kier molecular flexibility index (Phi) is 4.96. The molecule has 0 spiro atoms. The number of aromatic nitrogens is 4. The van der Waals surface area contributed by atoms with Gasteiger partial charge in [-0.25, -0.2) is 4.98 Å². The average Bonchev–Trinajstić information content (AvgIpc) is 3.21. The Hall–Kier alpha value is -2.64. The summed E-state index contributed by atoms with van der Waals surface area (Å²) < 4.78 is 3.92. The van der Waals surface area contributed by atoms with Gasteiger partial charge in [-0.1, -0.05) is 6.42 Å². The van der Waals surface area contributed by atoms with Gasteiger partial charge in [0.05, 0.1) is 31.0 Å². The molecule has 0 aromatic carbocycles. The van der Waals surface area contributed by atoms with Crippen LogP contribution in [0.4, 0.5) is 0 Å². The lowest BCUT2D eigenvalue weighted by atomic mass is 9.84. The fourth-order valence-electron chi connectivity index (χ4n) is 3.65. The zero-order valence-corrected chi connectivity index (χ0v) is 15.7. The van der Waals surface area contributed by atoms with Crippen molar-refractivity contribution in [1.82, 2.24) is 29.5 Å². The van der Waals surface area contributed by atoms with Gasteiger partial charge in [-0.3, -0.25) is 14.3 Å². The molecule has 0 bridgehead atoms. The predicted molar refractivity (Wildman–Crippen MR) is 98.4 cm³/mol. The van der Waals surface area contributed by atoms with E-state index in [-0.39, 0.29) is 11.8 Å². The molecule has 1 aliphatic heterocycles. The van der Waals surface area contributed by atoms with E-state index in [4.69, 9.17) is 0 Å². The molecule has 144 valence electrons. The summed E-state index contributed by atoms with van der Waals surface area (Å²) in [5.74, 6) is 1.43. The number of nitrogens with zero attached hydrogens (tertiary/aromatic N) is 5. The summed E-state index contributed by atoms with van der Waals surface area (Å²) in [6.45, 7) is 5.03. The largest absolute Gasteiger partial charge is 0.350 e. The highest BCUT2D eigenvalue weighted by molar-refractivity contribution is 5.79. The van der Waals surface area contributed by atoms with Crippen LogP contribution < -0.4 is 5.32 Å². The quantitative estimate of drug-likeness (QED) is 0.829. The van der Waals surface area contributed by atoms with Crippen molar-refractivity contribution >= 4 is 11.8 Å². The number of carbonyl (C=O) groups excluding carboxylic acids is 2. The van der Waals surface area contributed by atoms with Crippen molar-refractivity contribution in [2.75, 3.05) is 6.54 Å². The van der Waals surface area contributed by atoms with E-state index in [0.29, 0.717) is 32.0 Å². The van der Waals surface area contributed by atoms with Crippen LogP contribution in [0, 0.1) is 12.8 Å². The van der Waals surface area contributed by atoms with Crippen molar-refractivity contribution in [2.24, 2.45) is 5.92 Å². The van der Waals surface area contributed by atoms with E-state index < -0.39 is 0 Å². The van der Waals surface area contributed by atoms with Crippen LogP contribution in [-0.2, 0) is 35.8 Å². The number of hydrogen-bond acceptors (Lipinski definition) is 4. The fourth-order valence-corrected chi connectivity index (χ4v) is 3.65. The Balaban J connectivity index is 1.27. The molecule has 1 saturated carbocycles. The van der Waals surface area contributed by atoms with Crippen molar-refractivity contribution in [3.05, 3.63) is 35.7 Å². The lowest BCUT2D eigenvalue weighted by molar-refractivity contribution is -0.139. The molecule has 8 nitrogen and oxygen atoms in total. The highest BCUT2D eigenvalue weighted by Gasteiger charge is 2.31. The van der Waals surface area contributed by atoms with Crippen LogP contribution in [0.3, 0.4) is 0 Å². The van der Waals surface area contributed by atoms with E-state index in [1.807, 2.05) is 33.3 Å². The molecule has 0 saturated heterocycles. The number of amides is 2. The average molecular weight is 370 g/mol. The van der Waals surface area contributed by atoms with E-state index >= 15 is 0 Å². The van der Waals surface area contributed by atoms with Gasteiger partial charge < -0.3 is 14.8 Å². The molecule has 8 heteroatoms. The lowest BCUT2D eigenvalue weighted by Gasteiger charge is -2.34. The first-order valence-corrected chi connectivity index (χ1v) is 9.69. The Morgan fingerprint density at radius 1 is 1.30 bits per heavy atom. The van der Waals surface area contributed by atoms with Gasteiger partial charge in [-0.2, -0.15) is 5.10 Å². The van der Waals surface area contributed by atoms with Crippen LogP contribution in [0.25, 0.3) is 0 Å². The van der Waals surface area contributed by atoms with E-state index in [1.165, 1.54) is 6.42 Å². The third-order valence-electron chi connectivity index (χ3n) is 5.58. The number of nitrogens with one attached hydrogen (secondary N) is 1. The van der Waals surface area contributed by atoms with Crippen molar-refractivity contribution < 1.29 is 9.59 Å². The molecule has 2 aliphatic rings. The smallest absolute Gasteiger partial charge is 0.226 e. The molecule has 0 unspecified atom stereocenters. The zero-order chi connectivity index (χ0) is 18.8. The molecular formula is C19H26N6O2. The SMILES string of the molecule is Cc1nccn1CCC(=O)NCc1cc2n(n1)CCN(C(=O)C1CCC1)C2. The number of carbonyl (C=O) groups is 2. The topological polar surface area (TPSA) is 85.1 Å². The maximum absolute atomic E-state index is 12.4. The third kappa shape index (κ3) is 3.89. The summed E-state index contributed by atoms with van der Waals surface area (Å²) in [6.07, 6.45) is 7.26. The first-order chi connectivity index (χ1) is 13.1. The van der Waals surface area contributed by atoms with Gasteiger partial charge in [0.2, 0.25) is 11.8 Å². The van der Waals surface area contributed by atoms with Crippen molar-refractivity contribution in [2.45, 2.75) is 58.8 Å². The van der Waals surface area contributed by atoms with Gasteiger partial charge in [0, 0.05) is 37.8 Å². The number of aryl methyl sites for hydroxylation is 2. The molecule has 1 fully saturated rings. The van der Waals surface area contributed by atoms with Crippen molar-refractivity contribution in [3.8, 4) is 0 Å². The van der Waals surface area contributed by atoms with Crippen LogP contribution in [0.1, 0.15) is 42.9 Å². The highest BCUT2D eigenvalue weighted by Crippen LogP contribution is 2.29. The third-order valence-corrected chi connectivity index (χ3v) is 5.58.